The van der Waals surface area contributed by atoms with Crippen LogP contribution in [0.5, 0.6) is 0 Å². The predicted octanol–water partition coefficient (Wildman–Crippen LogP) is 3.56. The lowest BCUT2D eigenvalue weighted by Crippen LogP contribution is -2.35. The molecule has 1 aliphatic rings. The van der Waals surface area contributed by atoms with Crippen molar-refractivity contribution in [3.8, 4) is 0 Å². The minimum atomic E-state index is 0.564. The fourth-order valence-electron chi connectivity index (χ4n) is 3.28. The molecule has 1 unspecified atom stereocenters. The molecule has 0 spiro atoms. The van der Waals surface area contributed by atoms with Gasteiger partial charge in [-0.2, -0.15) is 0 Å². The van der Waals surface area contributed by atoms with Crippen LogP contribution in [0.4, 0.5) is 0 Å². The van der Waals surface area contributed by atoms with Crippen molar-refractivity contribution in [2.45, 2.75) is 65.7 Å². The summed E-state index contributed by atoms with van der Waals surface area (Å²) >= 11 is 0. The lowest BCUT2D eigenvalue weighted by molar-refractivity contribution is 0.206. The maximum atomic E-state index is 5.84. The average Bonchev–Trinajstić information content (AvgIpc) is 2.33. The molecule has 0 aliphatic heterocycles. The summed E-state index contributed by atoms with van der Waals surface area (Å²) in [5.41, 5.74) is 6.41. The average molecular weight is 254 g/mol. The molecule has 2 nitrogen and oxygen atoms in total. The van der Waals surface area contributed by atoms with E-state index in [1.165, 1.54) is 51.5 Å². The van der Waals surface area contributed by atoms with Crippen molar-refractivity contribution in [1.29, 1.82) is 0 Å². The highest BCUT2D eigenvalue weighted by Gasteiger charge is 2.25. The van der Waals surface area contributed by atoms with E-state index in [-0.39, 0.29) is 0 Å². The van der Waals surface area contributed by atoms with Crippen molar-refractivity contribution >= 4 is 0 Å². The highest BCUT2D eigenvalue weighted by molar-refractivity contribution is 4.80. The third kappa shape index (κ3) is 6.19. The molecule has 0 radical (unpaired) electrons. The van der Waals surface area contributed by atoms with E-state index in [1.807, 2.05) is 0 Å². The lowest BCUT2D eigenvalue weighted by atomic mass is 9.76. The molecule has 0 amide bonds. The summed E-state index contributed by atoms with van der Waals surface area (Å²) in [7, 11) is 0. The van der Waals surface area contributed by atoms with Crippen molar-refractivity contribution in [3.05, 3.63) is 0 Å². The number of hydrogen-bond acceptors (Lipinski definition) is 2. The van der Waals surface area contributed by atoms with E-state index >= 15 is 0 Å². The molecule has 3 N–H and O–H groups in total. The third-order valence-electron chi connectivity index (χ3n) is 4.48. The molecule has 1 fully saturated rings. The van der Waals surface area contributed by atoms with Crippen LogP contribution in [0.1, 0.15) is 65.7 Å². The van der Waals surface area contributed by atoms with Crippen LogP contribution in [0.3, 0.4) is 0 Å². The topological polar surface area (TPSA) is 38.0 Å². The molecule has 1 saturated carbocycles. The number of rotatable bonds is 8. The summed E-state index contributed by atoms with van der Waals surface area (Å²) in [6, 6.07) is 0. The van der Waals surface area contributed by atoms with Crippen LogP contribution in [-0.4, -0.2) is 19.6 Å². The van der Waals surface area contributed by atoms with Gasteiger partial charge >= 0.3 is 0 Å². The van der Waals surface area contributed by atoms with Gasteiger partial charge in [0.05, 0.1) is 0 Å². The fourth-order valence-corrected chi connectivity index (χ4v) is 3.28. The summed E-state index contributed by atoms with van der Waals surface area (Å²) in [6.45, 7) is 10.2. The van der Waals surface area contributed by atoms with Crippen LogP contribution in [0.15, 0.2) is 0 Å². The van der Waals surface area contributed by atoms with Crippen molar-refractivity contribution in [1.82, 2.24) is 5.32 Å². The third-order valence-corrected chi connectivity index (χ3v) is 4.48. The molecule has 2 heteroatoms. The highest BCUT2D eigenvalue weighted by atomic mass is 14.9. The summed E-state index contributed by atoms with van der Waals surface area (Å²) in [4.78, 5) is 0. The maximum absolute atomic E-state index is 5.84. The summed E-state index contributed by atoms with van der Waals surface area (Å²) in [5, 5.41) is 3.68. The molecule has 0 heterocycles. The Bertz CT molecular complexity index is 207. The highest BCUT2D eigenvalue weighted by Crippen LogP contribution is 2.34. The SMILES string of the molecule is CC(C)CC(CN)CCNCC1(C)CCCCC1. The Morgan fingerprint density at radius 2 is 1.83 bits per heavy atom. The lowest BCUT2D eigenvalue weighted by Gasteiger charge is -2.34. The first-order valence-corrected chi connectivity index (χ1v) is 7.96. The zero-order valence-corrected chi connectivity index (χ0v) is 12.8. The molecule has 0 aromatic rings. The molecule has 18 heavy (non-hydrogen) atoms. The van der Waals surface area contributed by atoms with Crippen LogP contribution in [0.25, 0.3) is 0 Å². The monoisotopic (exact) mass is 254 g/mol. The molecule has 108 valence electrons. The standard InChI is InChI=1S/C16H34N2/c1-14(2)11-15(12-17)7-10-18-13-16(3)8-5-4-6-9-16/h14-15,18H,4-13,17H2,1-3H3. The number of nitrogens with one attached hydrogen (secondary N) is 1. The Labute approximate surface area is 114 Å². The van der Waals surface area contributed by atoms with Gasteiger partial charge < -0.3 is 11.1 Å². The molecule has 0 aromatic heterocycles. The zero-order valence-electron chi connectivity index (χ0n) is 12.8. The van der Waals surface area contributed by atoms with Gasteiger partial charge in [-0.1, -0.05) is 40.0 Å². The summed E-state index contributed by atoms with van der Waals surface area (Å²) in [6.07, 6.45) is 9.63. The second-order valence-corrected chi connectivity index (χ2v) is 7.07. The van der Waals surface area contributed by atoms with Crippen LogP contribution < -0.4 is 11.1 Å². The van der Waals surface area contributed by atoms with E-state index in [0.717, 1.165) is 19.0 Å². The van der Waals surface area contributed by atoms with Gasteiger partial charge in [0.2, 0.25) is 0 Å². The van der Waals surface area contributed by atoms with Crippen molar-refractivity contribution in [3.63, 3.8) is 0 Å². The van der Waals surface area contributed by atoms with Gasteiger partial charge in [-0.05, 0) is 56.0 Å². The number of hydrogen-bond donors (Lipinski definition) is 2. The largest absolute Gasteiger partial charge is 0.330 e. The Balaban J connectivity index is 2.13. The van der Waals surface area contributed by atoms with E-state index in [2.05, 4.69) is 26.1 Å². The molecular formula is C16H34N2. The van der Waals surface area contributed by atoms with Gasteiger partial charge in [0.25, 0.3) is 0 Å². The molecule has 0 aromatic carbocycles. The molecule has 1 aliphatic carbocycles. The van der Waals surface area contributed by atoms with Gasteiger partial charge in [0.15, 0.2) is 0 Å². The van der Waals surface area contributed by atoms with E-state index in [1.54, 1.807) is 0 Å². The molecule has 0 saturated heterocycles. The predicted molar refractivity (Wildman–Crippen MR) is 80.7 cm³/mol. The van der Waals surface area contributed by atoms with Crippen molar-refractivity contribution in [2.75, 3.05) is 19.6 Å². The fraction of sp³-hybridized carbons (Fsp3) is 1.00. The quantitative estimate of drug-likeness (QED) is 0.650. The van der Waals surface area contributed by atoms with Crippen LogP contribution in [0, 0.1) is 17.3 Å². The van der Waals surface area contributed by atoms with E-state index in [4.69, 9.17) is 5.73 Å². The normalized spacial score (nSPS) is 21.2. The van der Waals surface area contributed by atoms with E-state index in [0.29, 0.717) is 11.3 Å². The van der Waals surface area contributed by atoms with Crippen LogP contribution in [0.2, 0.25) is 0 Å². The van der Waals surface area contributed by atoms with Gasteiger partial charge in [0.1, 0.15) is 0 Å². The second kappa shape index (κ2) is 8.16. The van der Waals surface area contributed by atoms with Gasteiger partial charge in [-0.25, -0.2) is 0 Å². The van der Waals surface area contributed by atoms with Crippen molar-refractivity contribution in [2.24, 2.45) is 23.0 Å². The van der Waals surface area contributed by atoms with Gasteiger partial charge in [-0.15, -0.1) is 0 Å². The molecule has 1 atom stereocenters. The smallest absolute Gasteiger partial charge is 0.000516 e. The molecule has 0 bridgehead atoms. The first-order chi connectivity index (χ1) is 8.56. The Morgan fingerprint density at radius 3 is 2.39 bits per heavy atom. The van der Waals surface area contributed by atoms with E-state index < -0.39 is 0 Å². The van der Waals surface area contributed by atoms with Gasteiger partial charge in [-0.3, -0.25) is 0 Å². The Kier molecular flexibility index (Phi) is 7.25. The van der Waals surface area contributed by atoms with Crippen molar-refractivity contribution < 1.29 is 0 Å². The molecular weight excluding hydrogens is 220 g/mol. The summed E-state index contributed by atoms with van der Waals surface area (Å²) in [5.74, 6) is 1.48. The van der Waals surface area contributed by atoms with Gasteiger partial charge in [0, 0.05) is 6.54 Å². The Morgan fingerprint density at radius 1 is 1.17 bits per heavy atom. The minimum Gasteiger partial charge on any atom is -0.330 e. The first-order valence-electron chi connectivity index (χ1n) is 7.96. The van der Waals surface area contributed by atoms with Crippen LogP contribution in [-0.2, 0) is 0 Å². The first kappa shape index (κ1) is 16.0. The summed E-state index contributed by atoms with van der Waals surface area (Å²) < 4.78 is 0. The number of nitrogens with two attached hydrogens (primary N) is 1. The molecule has 1 rings (SSSR count). The second-order valence-electron chi connectivity index (χ2n) is 7.07. The zero-order chi connectivity index (χ0) is 13.4. The maximum Gasteiger partial charge on any atom is 0.000516 e. The minimum absolute atomic E-state index is 0.564. The Hall–Kier alpha value is -0.0800. The van der Waals surface area contributed by atoms with E-state index in [9.17, 15) is 0 Å². The van der Waals surface area contributed by atoms with Crippen LogP contribution >= 0.6 is 0 Å².